The Kier molecular flexibility index (Phi) is 3.39. The van der Waals surface area contributed by atoms with Gasteiger partial charge in [-0.15, -0.1) is 11.8 Å². The van der Waals surface area contributed by atoms with Gasteiger partial charge in [-0.3, -0.25) is 4.79 Å². The first kappa shape index (κ1) is 13.4. The Morgan fingerprint density at radius 3 is 2.72 bits per heavy atom. The van der Waals surface area contributed by atoms with E-state index in [2.05, 4.69) is 5.16 Å². The molecule has 0 saturated carbocycles. The van der Waals surface area contributed by atoms with E-state index in [0.29, 0.717) is 0 Å². The van der Waals surface area contributed by atoms with Crippen LogP contribution in [-0.4, -0.2) is 46.6 Å². The minimum absolute atomic E-state index is 0.0312. The summed E-state index contributed by atoms with van der Waals surface area (Å²) in [5, 5.41) is 12.6. The average Bonchev–Trinajstić information content (AvgIpc) is 2.85. The van der Waals surface area contributed by atoms with Crippen molar-refractivity contribution in [2.45, 2.75) is 24.8 Å². The number of carboxylic acids is 1. The number of rotatable bonds is 3. The SMILES string of the molecule is Cc1noc(C)c1S(=O)(=O)N1CSCC1C(=O)O. The highest BCUT2D eigenvalue weighted by atomic mass is 32.2. The molecule has 1 aromatic rings. The summed E-state index contributed by atoms with van der Waals surface area (Å²) in [6.07, 6.45) is 0. The summed E-state index contributed by atoms with van der Waals surface area (Å²) in [6.45, 7) is 3.01. The Bertz CT molecular complexity index is 560. The number of aryl methyl sites for hydroxylation is 2. The summed E-state index contributed by atoms with van der Waals surface area (Å²) >= 11 is 1.27. The van der Waals surface area contributed by atoms with E-state index in [0.717, 1.165) is 4.31 Å². The van der Waals surface area contributed by atoms with E-state index in [1.54, 1.807) is 0 Å². The molecule has 100 valence electrons. The monoisotopic (exact) mass is 292 g/mol. The van der Waals surface area contributed by atoms with Gasteiger partial charge < -0.3 is 9.63 Å². The van der Waals surface area contributed by atoms with Gasteiger partial charge in [-0.25, -0.2) is 8.42 Å². The maximum Gasteiger partial charge on any atom is 0.322 e. The van der Waals surface area contributed by atoms with E-state index in [4.69, 9.17) is 9.63 Å². The number of carbonyl (C=O) groups is 1. The van der Waals surface area contributed by atoms with Gasteiger partial charge in [0.25, 0.3) is 0 Å². The molecule has 0 radical (unpaired) electrons. The summed E-state index contributed by atoms with van der Waals surface area (Å²) in [7, 11) is -3.88. The molecule has 1 aliphatic heterocycles. The van der Waals surface area contributed by atoms with Gasteiger partial charge in [0.05, 0.1) is 5.88 Å². The van der Waals surface area contributed by atoms with Gasteiger partial charge >= 0.3 is 5.97 Å². The van der Waals surface area contributed by atoms with Crippen LogP contribution in [-0.2, 0) is 14.8 Å². The number of aliphatic carboxylic acids is 1. The number of hydrogen-bond acceptors (Lipinski definition) is 6. The van der Waals surface area contributed by atoms with Crippen LogP contribution in [0.5, 0.6) is 0 Å². The molecular formula is C9H12N2O5S2. The molecule has 1 aromatic heterocycles. The Labute approximate surface area is 108 Å². The molecule has 2 rings (SSSR count). The van der Waals surface area contributed by atoms with Gasteiger partial charge in [0.1, 0.15) is 16.6 Å². The Hall–Kier alpha value is -1.06. The summed E-state index contributed by atoms with van der Waals surface area (Å²) < 4.78 is 30.6. The Morgan fingerprint density at radius 1 is 1.56 bits per heavy atom. The first-order valence-corrected chi connectivity index (χ1v) is 7.70. The highest BCUT2D eigenvalue weighted by Crippen LogP contribution is 2.31. The highest BCUT2D eigenvalue weighted by Gasteiger charge is 2.42. The molecule has 18 heavy (non-hydrogen) atoms. The van der Waals surface area contributed by atoms with Crippen LogP contribution in [0.25, 0.3) is 0 Å². The second kappa shape index (κ2) is 4.56. The van der Waals surface area contributed by atoms with Gasteiger partial charge in [-0.05, 0) is 13.8 Å². The van der Waals surface area contributed by atoms with Crippen LogP contribution in [0.15, 0.2) is 9.42 Å². The molecule has 1 aliphatic rings. The molecule has 1 atom stereocenters. The third kappa shape index (κ3) is 2.02. The molecule has 0 amide bonds. The van der Waals surface area contributed by atoms with E-state index in [-0.39, 0.29) is 28.0 Å². The zero-order valence-electron chi connectivity index (χ0n) is 9.78. The topological polar surface area (TPSA) is 101 Å². The minimum atomic E-state index is -3.88. The molecule has 2 heterocycles. The van der Waals surface area contributed by atoms with E-state index < -0.39 is 22.0 Å². The standard InChI is InChI=1S/C9H12N2O5S2/c1-5-8(6(2)16-10-5)18(14,15)11-4-17-3-7(11)9(12)13/h7H,3-4H2,1-2H3,(H,12,13). The van der Waals surface area contributed by atoms with E-state index in [1.165, 1.54) is 25.6 Å². The van der Waals surface area contributed by atoms with Crippen molar-refractivity contribution in [2.75, 3.05) is 11.6 Å². The summed E-state index contributed by atoms with van der Waals surface area (Å²) in [6, 6.07) is -1.03. The molecule has 0 aliphatic carbocycles. The number of nitrogens with zero attached hydrogens (tertiary/aromatic N) is 2. The molecule has 1 N–H and O–H groups in total. The van der Waals surface area contributed by atoms with Crippen LogP contribution >= 0.6 is 11.8 Å². The van der Waals surface area contributed by atoms with Crippen LogP contribution in [0.1, 0.15) is 11.5 Å². The van der Waals surface area contributed by atoms with Crippen molar-refractivity contribution in [3.05, 3.63) is 11.5 Å². The zero-order chi connectivity index (χ0) is 13.5. The molecule has 1 saturated heterocycles. The van der Waals surface area contributed by atoms with Gasteiger partial charge in [0.15, 0.2) is 5.76 Å². The second-order valence-corrected chi connectivity index (χ2v) is 6.73. The first-order chi connectivity index (χ1) is 8.35. The van der Waals surface area contributed by atoms with Gasteiger partial charge in [-0.1, -0.05) is 5.16 Å². The molecule has 0 spiro atoms. The zero-order valence-corrected chi connectivity index (χ0v) is 11.4. The predicted octanol–water partition coefficient (Wildman–Crippen LogP) is 0.440. The van der Waals surface area contributed by atoms with Gasteiger partial charge in [0.2, 0.25) is 10.0 Å². The van der Waals surface area contributed by atoms with Crippen molar-refractivity contribution in [1.82, 2.24) is 9.46 Å². The fourth-order valence-electron chi connectivity index (χ4n) is 1.82. The van der Waals surface area contributed by atoms with Crippen LogP contribution in [0.3, 0.4) is 0 Å². The molecule has 7 nitrogen and oxygen atoms in total. The van der Waals surface area contributed by atoms with Crippen molar-refractivity contribution in [2.24, 2.45) is 0 Å². The first-order valence-electron chi connectivity index (χ1n) is 5.11. The lowest BCUT2D eigenvalue weighted by atomic mass is 10.4. The van der Waals surface area contributed by atoms with Crippen molar-refractivity contribution in [3.8, 4) is 0 Å². The lowest BCUT2D eigenvalue weighted by molar-refractivity contribution is -0.140. The van der Waals surface area contributed by atoms with Crippen molar-refractivity contribution in [1.29, 1.82) is 0 Å². The predicted molar refractivity (Wildman–Crippen MR) is 63.8 cm³/mol. The van der Waals surface area contributed by atoms with Crippen molar-refractivity contribution < 1.29 is 22.8 Å². The third-order valence-electron chi connectivity index (χ3n) is 2.66. The number of sulfonamides is 1. The Morgan fingerprint density at radius 2 is 2.22 bits per heavy atom. The van der Waals surface area contributed by atoms with Gasteiger partial charge in [-0.2, -0.15) is 4.31 Å². The molecule has 0 aromatic carbocycles. The lowest BCUT2D eigenvalue weighted by Crippen LogP contribution is -2.41. The number of thioether (sulfide) groups is 1. The normalized spacial score (nSPS) is 21.3. The summed E-state index contributed by atoms with van der Waals surface area (Å²) in [4.78, 5) is 11.0. The fourth-order valence-corrected chi connectivity index (χ4v) is 5.25. The van der Waals surface area contributed by atoms with E-state index in [9.17, 15) is 13.2 Å². The maximum absolute atomic E-state index is 12.4. The van der Waals surface area contributed by atoms with E-state index >= 15 is 0 Å². The maximum atomic E-state index is 12.4. The minimum Gasteiger partial charge on any atom is -0.480 e. The Balaban J connectivity index is 2.46. The number of hydrogen-bond donors (Lipinski definition) is 1. The number of aromatic nitrogens is 1. The smallest absolute Gasteiger partial charge is 0.322 e. The quantitative estimate of drug-likeness (QED) is 0.862. The van der Waals surface area contributed by atoms with Gasteiger partial charge in [0, 0.05) is 5.75 Å². The third-order valence-corrected chi connectivity index (χ3v) is 5.94. The van der Waals surface area contributed by atoms with Crippen LogP contribution < -0.4 is 0 Å². The fraction of sp³-hybridized carbons (Fsp3) is 0.556. The molecule has 0 bridgehead atoms. The molecule has 1 fully saturated rings. The summed E-state index contributed by atoms with van der Waals surface area (Å²) in [5.74, 6) is -0.592. The average molecular weight is 292 g/mol. The van der Waals surface area contributed by atoms with E-state index in [1.807, 2.05) is 0 Å². The largest absolute Gasteiger partial charge is 0.480 e. The van der Waals surface area contributed by atoms with Crippen LogP contribution in [0.4, 0.5) is 0 Å². The lowest BCUT2D eigenvalue weighted by Gasteiger charge is -2.19. The van der Waals surface area contributed by atoms with Crippen LogP contribution in [0, 0.1) is 13.8 Å². The summed E-state index contributed by atoms with van der Waals surface area (Å²) in [5.41, 5.74) is 0.244. The molecular weight excluding hydrogens is 280 g/mol. The number of carboxylic acid groups (broad SMARTS) is 1. The molecule has 1 unspecified atom stereocenters. The second-order valence-electron chi connectivity index (χ2n) is 3.90. The van der Waals surface area contributed by atoms with Crippen molar-refractivity contribution >= 4 is 27.8 Å². The molecule has 9 heteroatoms. The highest BCUT2D eigenvalue weighted by molar-refractivity contribution is 8.00. The van der Waals surface area contributed by atoms with Crippen molar-refractivity contribution in [3.63, 3.8) is 0 Å². The van der Waals surface area contributed by atoms with Crippen LogP contribution in [0.2, 0.25) is 0 Å².